The Morgan fingerprint density at radius 3 is 0.894 bits per heavy atom. The molecule has 0 bridgehead atoms. The maximum atomic E-state index is 13.0. The van der Waals surface area contributed by atoms with Gasteiger partial charge in [0.25, 0.3) is 0 Å². The second-order valence-corrected chi connectivity index (χ2v) is 27.0. The van der Waals surface area contributed by atoms with Crippen LogP contribution in [0.3, 0.4) is 0 Å². The van der Waals surface area contributed by atoms with Gasteiger partial charge >= 0.3 is 39.5 Å². The number of aliphatic hydroxyl groups is 1. The molecule has 0 heterocycles. The van der Waals surface area contributed by atoms with E-state index in [1.807, 2.05) is 0 Å². The fraction of sp³-hybridized carbons (Fsp3) is 0.733. The van der Waals surface area contributed by atoms with Crippen LogP contribution in [0.15, 0.2) is 97.2 Å². The summed E-state index contributed by atoms with van der Waals surface area (Å²) in [5, 5.41) is 10.6. The zero-order valence-electron chi connectivity index (χ0n) is 58.9. The van der Waals surface area contributed by atoms with Crippen LogP contribution in [0.25, 0.3) is 0 Å². The first-order valence-electron chi connectivity index (χ1n) is 36.5. The third-order valence-corrected chi connectivity index (χ3v) is 16.9. The molecule has 0 aliphatic heterocycles. The molecule has 0 fully saturated rings. The van der Waals surface area contributed by atoms with Gasteiger partial charge in [-0.3, -0.25) is 37.3 Å². The first-order chi connectivity index (χ1) is 45.7. The lowest BCUT2D eigenvalue weighted by atomic mass is 10.1. The van der Waals surface area contributed by atoms with Gasteiger partial charge < -0.3 is 33.8 Å². The van der Waals surface area contributed by atoms with E-state index in [4.69, 9.17) is 37.0 Å². The topological polar surface area (TPSA) is 237 Å². The average molecular weight is 1370 g/mol. The summed E-state index contributed by atoms with van der Waals surface area (Å²) in [6, 6.07) is 0. The van der Waals surface area contributed by atoms with Gasteiger partial charge in [0.15, 0.2) is 12.2 Å². The molecule has 94 heavy (non-hydrogen) atoms. The SMILES string of the molecule is CC/C=C\C/C=C\C/C=C\CCCCCCCC(=O)OCC(COP(=O)(O)OCC(O)COP(=O)(O)OCC(COC(=O)CCCCCCC/C=C\CCCCCC)OC(=O)CCCCCCC/C=C\CCCC)OC(=O)CCCCCCC/C=C\C/C=C\C/C=C\CC. The Kier molecular flexibility index (Phi) is 64.7. The Labute approximate surface area is 569 Å². The number of aliphatic hydroxyl groups excluding tert-OH is 1. The Hall–Kier alpha value is -4.02. The van der Waals surface area contributed by atoms with Crippen LogP contribution >= 0.6 is 15.6 Å². The van der Waals surface area contributed by atoms with Crippen molar-refractivity contribution in [3.8, 4) is 0 Å². The molecule has 0 aromatic heterocycles. The van der Waals surface area contributed by atoms with Crippen molar-refractivity contribution in [2.45, 2.75) is 316 Å². The molecule has 0 saturated carbocycles. The van der Waals surface area contributed by atoms with Crippen molar-refractivity contribution in [2.75, 3.05) is 39.6 Å². The Morgan fingerprint density at radius 1 is 0.309 bits per heavy atom. The highest BCUT2D eigenvalue weighted by molar-refractivity contribution is 7.47. The molecule has 0 aliphatic rings. The van der Waals surface area contributed by atoms with Gasteiger partial charge in [0.1, 0.15) is 19.3 Å². The van der Waals surface area contributed by atoms with E-state index in [1.54, 1.807) is 0 Å². The highest BCUT2D eigenvalue weighted by Crippen LogP contribution is 2.45. The largest absolute Gasteiger partial charge is 0.472 e. The Bertz CT molecular complexity index is 2170. The van der Waals surface area contributed by atoms with Crippen LogP contribution in [0.5, 0.6) is 0 Å². The van der Waals surface area contributed by atoms with Crippen LogP contribution in [-0.4, -0.2) is 96.7 Å². The molecule has 0 amide bonds. The quantitative estimate of drug-likeness (QED) is 0.0169. The van der Waals surface area contributed by atoms with Gasteiger partial charge in [0, 0.05) is 25.7 Å². The van der Waals surface area contributed by atoms with E-state index >= 15 is 0 Å². The standard InChI is InChI=1S/C75H130O17P2/c1-5-9-13-17-21-25-29-32-34-37-41-44-48-52-56-60-73(78)86-66-71(92-75(80)62-58-54-50-46-42-38-35-33-30-26-22-18-14-10-6-2)68-90-94(83,84)88-64-69(76)63-87-93(81,82)89-67-70(91-74(79)61-57-53-49-45-39-28-24-20-16-12-8-4)65-85-72(77)59-55-51-47-43-40-36-31-27-23-19-15-11-7-3/h9-10,13-14,20-22,24-27,31-35,69-71,76H,5-8,11-12,15-19,23,28-30,36-68H2,1-4H3,(H,81,82)(H,83,84)/b13-9-,14-10-,24-20-,25-21-,26-22-,31-27-,34-32-,35-33-. The molecule has 19 heteroatoms. The number of unbranched alkanes of at least 4 members (excludes halogenated alkanes) is 26. The van der Waals surface area contributed by atoms with E-state index in [9.17, 15) is 43.2 Å². The Morgan fingerprint density at radius 2 is 0.564 bits per heavy atom. The highest BCUT2D eigenvalue weighted by Gasteiger charge is 2.30. The lowest BCUT2D eigenvalue weighted by molar-refractivity contribution is -0.161. The summed E-state index contributed by atoms with van der Waals surface area (Å²) in [7, 11) is -9.95. The minimum absolute atomic E-state index is 0.0708. The molecule has 0 aromatic carbocycles. The second-order valence-electron chi connectivity index (χ2n) is 24.1. The molecule has 0 radical (unpaired) electrons. The lowest BCUT2D eigenvalue weighted by Crippen LogP contribution is -2.30. The number of hydrogen-bond donors (Lipinski definition) is 3. The van der Waals surface area contributed by atoms with Crippen molar-refractivity contribution in [3.05, 3.63) is 97.2 Å². The van der Waals surface area contributed by atoms with Crippen LogP contribution in [0.4, 0.5) is 0 Å². The fourth-order valence-corrected chi connectivity index (χ4v) is 11.0. The molecule has 0 rings (SSSR count). The molecule has 0 saturated heterocycles. The van der Waals surface area contributed by atoms with E-state index in [2.05, 4.69) is 125 Å². The average Bonchev–Trinajstić information content (AvgIpc) is 1.36. The van der Waals surface area contributed by atoms with Crippen molar-refractivity contribution >= 4 is 39.5 Å². The summed E-state index contributed by atoms with van der Waals surface area (Å²) in [5.41, 5.74) is 0. The van der Waals surface area contributed by atoms with Gasteiger partial charge in [-0.1, -0.05) is 234 Å². The predicted octanol–water partition coefficient (Wildman–Crippen LogP) is 20.4. The first kappa shape index (κ1) is 90.0. The van der Waals surface area contributed by atoms with Gasteiger partial charge in [-0.05, 0) is 135 Å². The minimum atomic E-state index is -4.98. The van der Waals surface area contributed by atoms with E-state index in [-0.39, 0.29) is 25.7 Å². The molecular formula is C75H130O17P2. The number of carbonyl (C=O) groups is 4. The molecule has 542 valence electrons. The van der Waals surface area contributed by atoms with Crippen LogP contribution in [0, 0.1) is 0 Å². The number of allylic oxidation sites excluding steroid dienone is 16. The maximum absolute atomic E-state index is 13.0. The zero-order valence-corrected chi connectivity index (χ0v) is 60.7. The van der Waals surface area contributed by atoms with Gasteiger partial charge in [-0.25, -0.2) is 9.13 Å². The van der Waals surface area contributed by atoms with Crippen molar-refractivity contribution in [2.24, 2.45) is 0 Å². The Balaban J connectivity index is 5.36. The van der Waals surface area contributed by atoms with E-state index in [1.165, 1.54) is 38.5 Å². The van der Waals surface area contributed by atoms with Gasteiger partial charge in [0.2, 0.25) is 0 Å². The predicted molar refractivity (Wildman–Crippen MR) is 381 cm³/mol. The summed E-state index contributed by atoms with van der Waals surface area (Å²) in [5.74, 6) is -2.23. The van der Waals surface area contributed by atoms with E-state index in [0.717, 1.165) is 180 Å². The van der Waals surface area contributed by atoms with Crippen molar-refractivity contribution < 1.29 is 80.2 Å². The summed E-state index contributed by atoms with van der Waals surface area (Å²) in [6.45, 7) is 4.53. The third kappa shape index (κ3) is 66.6. The molecule has 0 aliphatic carbocycles. The smallest absolute Gasteiger partial charge is 0.462 e. The summed E-state index contributed by atoms with van der Waals surface area (Å²) < 4.78 is 68.3. The van der Waals surface area contributed by atoms with Crippen LogP contribution in [-0.2, 0) is 65.4 Å². The normalized spacial score (nSPS) is 14.6. The summed E-state index contributed by atoms with van der Waals surface area (Å²) in [4.78, 5) is 72.6. The molecule has 0 aromatic rings. The van der Waals surface area contributed by atoms with Crippen LogP contribution < -0.4 is 0 Å². The lowest BCUT2D eigenvalue weighted by Gasteiger charge is -2.21. The molecule has 5 atom stereocenters. The number of phosphoric ester groups is 2. The van der Waals surface area contributed by atoms with Crippen LogP contribution in [0.2, 0.25) is 0 Å². The number of ether oxygens (including phenoxy) is 4. The fourth-order valence-electron chi connectivity index (χ4n) is 9.46. The van der Waals surface area contributed by atoms with Crippen molar-refractivity contribution in [1.82, 2.24) is 0 Å². The van der Waals surface area contributed by atoms with E-state index < -0.39 is 97.5 Å². The van der Waals surface area contributed by atoms with Gasteiger partial charge in [-0.2, -0.15) is 0 Å². The van der Waals surface area contributed by atoms with Gasteiger partial charge in [0.05, 0.1) is 26.4 Å². The zero-order chi connectivity index (χ0) is 69.0. The molecule has 3 N–H and O–H groups in total. The number of carbonyl (C=O) groups excluding carboxylic acids is 4. The molecule has 5 unspecified atom stereocenters. The maximum Gasteiger partial charge on any atom is 0.472 e. The minimum Gasteiger partial charge on any atom is -0.462 e. The number of hydrogen-bond acceptors (Lipinski definition) is 15. The molecular weight excluding hydrogens is 1230 g/mol. The van der Waals surface area contributed by atoms with Gasteiger partial charge in [-0.15, -0.1) is 0 Å². The summed E-state index contributed by atoms with van der Waals surface area (Å²) >= 11 is 0. The highest BCUT2D eigenvalue weighted by atomic mass is 31.2. The van der Waals surface area contributed by atoms with Crippen molar-refractivity contribution in [1.29, 1.82) is 0 Å². The van der Waals surface area contributed by atoms with E-state index in [0.29, 0.717) is 25.7 Å². The third-order valence-electron chi connectivity index (χ3n) is 15.0. The molecule has 17 nitrogen and oxygen atoms in total. The second kappa shape index (κ2) is 67.5. The monoisotopic (exact) mass is 1360 g/mol. The number of esters is 4. The first-order valence-corrected chi connectivity index (χ1v) is 39.5. The van der Waals surface area contributed by atoms with Crippen molar-refractivity contribution in [3.63, 3.8) is 0 Å². The molecule has 0 spiro atoms. The number of phosphoric acid groups is 2. The van der Waals surface area contributed by atoms with Crippen LogP contribution in [0.1, 0.15) is 297 Å². The summed E-state index contributed by atoms with van der Waals surface area (Å²) in [6.07, 6.45) is 68.4. The number of rotatable bonds is 68.